The molecule has 3 N–H and O–H groups in total. The zero-order valence-corrected chi connectivity index (χ0v) is 10.4. The summed E-state index contributed by atoms with van der Waals surface area (Å²) in [6.07, 6.45) is 2.96. The Bertz CT molecular complexity index is 441. The highest BCUT2D eigenvalue weighted by molar-refractivity contribution is 7.90. The molecule has 0 aromatic carbocycles. The maximum Gasteiger partial charge on any atom is 0.252 e. The molecule has 0 unspecified atom stereocenters. The molecule has 1 aromatic rings. The number of tetrazole rings is 1. The molecular weight excluding hydrogens is 244 g/mol. The van der Waals surface area contributed by atoms with Gasteiger partial charge in [0, 0.05) is 12.6 Å². The van der Waals surface area contributed by atoms with Gasteiger partial charge in [-0.2, -0.15) is 9.61 Å². The molecule has 0 saturated heterocycles. The van der Waals surface area contributed by atoms with Gasteiger partial charge in [-0.15, -0.1) is 10.2 Å². The molecular formula is C8H16N6O2S. The number of rotatable bonds is 7. The van der Waals surface area contributed by atoms with Crippen LogP contribution in [-0.2, 0) is 10.0 Å². The van der Waals surface area contributed by atoms with Crippen molar-refractivity contribution in [1.82, 2.24) is 20.6 Å². The van der Waals surface area contributed by atoms with Gasteiger partial charge >= 0.3 is 0 Å². The van der Waals surface area contributed by atoms with Crippen LogP contribution in [0, 0.1) is 0 Å². The van der Waals surface area contributed by atoms with E-state index in [9.17, 15) is 8.42 Å². The van der Waals surface area contributed by atoms with E-state index in [1.54, 1.807) is 0 Å². The summed E-state index contributed by atoms with van der Waals surface area (Å²) in [5.74, 6) is 0.402. The number of hydrogen-bond acceptors (Lipinski definition) is 6. The lowest BCUT2D eigenvalue weighted by Crippen LogP contribution is -2.13. The average molecular weight is 260 g/mol. The van der Waals surface area contributed by atoms with E-state index in [2.05, 4.69) is 25.0 Å². The lowest BCUT2D eigenvalue weighted by atomic mass is 10.2. The molecule has 1 atom stereocenters. The minimum atomic E-state index is -3.36. The maximum absolute atomic E-state index is 11.4. The van der Waals surface area contributed by atoms with Crippen LogP contribution in [0.5, 0.6) is 0 Å². The summed E-state index contributed by atoms with van der Waals surface area (Å²) in [5.41, 5.74) is 5.70. The molecule has 0 saturated carbocycles. The molecule has 1 heterocycles. The zero-order valence-electron chi connectivity index (χ0n) is 9.57. The van der Waals surface area contributed by atoms with Crippen molar-refractivity contribution in [2.24, 2.45) is 10.1 Å². The first-order valence-electron chi connectivity index (χ1n) is 5.30. The van der Waals surface area contributed by atoms with Gasteiger partial charge in [-0.25, -0.2) is 8.42 Å². The van der Waals surface area contributed by atoms with E-state index in [4.69, 9.17) is 5.73 Å². The van der Waals surface area contributed by atoms with Gasteiger partial charge in [0.1, 0.15) is 0 Å². The summed E-state index contributed by atoms with van der Waals surface area (Å²) in [6, 6.07) is -0.501. The summed E-state index contributed by atoms with van der Waals surface area (Å²) in [4.78, 5) is 0. The molecule has 0 aliphatic carbocycles. The number of aromatic amines is 1. The fraction of sp³-hybridized carbons (Fsp3) is 0.750. The number of nitrogens with two attached hydrogens (primary N) is 1. The molecule has 9 heteroatoms. The van der Waals surface area contributed by atoms with Gasteiger partial charge in [0.15, 0.2) is 5.82 Å². The molecule has 0 aliphatic rings. The Morgan fingerprint density at radius 2 is 2.35 bits per heavy atom. The predicted octanol–water partition coefficient (Wildman–Crippen LogP) is -0.210. The molecule has 17 heavy (non-hydrogen) atoms. The first-order chi connectivity index (χ1) is 8.05. The molecule has 96 valence electrons. The van der Waals surface area contributed by atoms with Crippen LogP contribution >= 0.6 is 0 Å². The van der Waals surface area contributed by atoms with Crippen molar-refractivity contribution in [2.75, 3.05) is 5.75 Å². The van der Waals surface area contributed by atoms with Crippen LogP contribution in [0.25, 0.3) is 0 Å². The summed E-state index contributed by atoms with van der Waals surface area (Å²) < 4.78 is 26.3. The van der Waals surface area contributed by atoms with Crippen LogP contribution in [0.15, 0.2) is 4.40 Å². The normalized spacial score (nSPS) is 14.2. The van der Waals surface area contributed by atoms with Gasteiger partial charge in [0.2, 0.25) is 0 Å². The SMILES string of the molecule is CCCCS(=O)(=O)N=CC[C@H](N)c1nn[nH]n1. The van der Waals surface area contributed by atoms with Crippen molar-refractivity contribution >= 4 is 16.2 Å². The van der Waals surface area contributed by atoms with Crippen molar-refractivity contribution in [2.45, 2.75) is 32.2 Å². The average Bonchev–Trinajstić information content (AvgIpc) is 2.79. The topological polar surface area (TPSA) is 127 Å². The number of unbranched alkanes of at least 4 members (excludes halogenated alkanes) is 1. The number of H-pyrrole nitrogens is 1. The van der Waals surface area contributed by atoms with E-state index in [-0.39, 0.29) is 12.2 Å². The molecule has 1 rings (SSSR count). The van der Waals surface area contributed by atoms with E-state index in [1.165, 1.54) is 6.21 Å². The van der Waals surface area contributed by atoms with E-state index >= 15 is 0 Å². The van der Waals surface area contributed by atoms with Crippen LogP contribution in [0.2, 0.25) is 0 Å². The molecule has 0 spiro atoms. The number of nitrogens with one attached hydrogen (secondary N) is 1. The first kappa shape index (κ1) is 13.7. The summed E-state index contributed by atoms with van der Waals surface area (Å²) >= 11 is 0. The highest BCUT2D eigenvalue weighted by Crippen LogP contribution is 2.05. The molecule has 8 nitrogen and oxygen atoms in total. The van der Waals surface area contributed by atoms with E-state index in [1.807, 2.05) is 6.92 Å². The van der Waals surface area contributed by atoms with E-state index in [0.717, 1.165) is 6.42 Å². The third-order valence-electron chi connectivity index (χ3n) is 2.04. The number of sulfonamides is 1. The van der Waals surface area contributed by atoms with Gasteiger partial charge in [-0.1, -0.05) is 18.6 Å². The minimum Gasteiger partial charge on any atom is -0.321 e. The third-order valence-corrected chi connectivity index (χ3v) is 3.32. The summed E-state index contributed by atoms with van der Waals surface area (Å²) in [6.45, 7) is 1.92. The molecule has 1 aromatic heterocycles. The van der Waals surface area contributed by atoms with Crippen LogP contribution < -0.4 is 5.73 Å². The standard InChI is InChI=1S/C8H16N6O2S/c1-2-3-6-17(15,16)10-5-4-7(9)8-11-13-14-12-8/h5,7H,2-4,6,9H2,1H3,(H,11,12,13,14)/t7-/m0/s1. The second-order valence-electron chi connectivity index (χ2n) is 3.54. The predicted molar refractivity (Wildman–Crippen MR) is 62.9 cm³/mol. The highest BCUT2D eigenvalue weighted by Gasteiger charge is 2.10. The second kappa shape index (κ2) is 6.40. The third kappa shape index (κ3) is 5.00. The van der Waals surface area contributed by atoms with Crippen molar-refractivity contribution in [3.63, 3.8) is 0 Å². The number of aromatic nitrogens is 4. The minimum absolute atomic E-state index is 0.0669. The maximum atomic E-state index is 11.4. The number of hydrogen-bond donors (Lipinski definition) is 2. The van der Waals surface area contributed by atoms with Crippen molar-refractivity contribution in [3.8, 4) is 0 Å². The van der Waals surface area contributed by atoms with E-state index in [0.29, 0.717) is 12.2 Å². The second-order valence-corrected chi connectivity index (χ2v) is 5.32. The van der Waals surface area contributed by atoms with Crippen LogP contribution in [0.1, 0.15) is 38.1 Å². The lowest BCUT2D eigenvalue weighted by molar-refractivity contribution is 0.594. The van der Waals surface area contributed by atoms with Gasteiger partial charge in [-0.05, 0) is 6.42 Å². The fourth-order valence-corrected chi connectivity index (χ4v) is 2.15. The van der Waals surface area contributed by atoms with Crippen LogP contribution in [-0.4, -0.2) is 41.0 Å². The van der Waals surface area contributed by atoms with Gasteiger partial charge in [0.25, 0.3) is 10.0 Å². The molecule has 0 radical (unpaired) electrons. The largest absolute Gasteiger partial charge is 0.321 e. The molecule has 0 fully saturated rings. The van der Waals surface area contributed by atoms with Crippen molar-refractivity contribution < 1.29 is 8.42 Å². The van der Waals surface area contributed by atoms with Crippen molar-refractivity contribution in [3.05, 3.63) is 5.82 Å². The van der Waals surface area contributed by atoms with Gasteiger partial charge in [0.05, 0.1) is 11.8 Å². The summed E-state index contributed by atoms with van der Waals surface area (Å²) in [7, 11) is -3.36. The van der Waals surface area contributed by atoms with Gasteiger partial charge < -0.3 is 5.73 Å². The van der Waals surface area contributed by atoms with E-state index < -0.39 is 16.1 Å². The summed E-state index contributed by atoms with van der Waals surface area (Å²) in [5, 5.41) is 13.0. The van der Waals surface area contributed by atoms with Gasteiger partial charge in [-0.3, -0.25) is 0 Å². The fourth-order valence-electron chi connectivity index (χ4n) is 1.08. The zero-order chi connectivity index (χ0) is 12.7. The molecule has 0 amide bonds. The Labute approximate surface area is 99.8 Å². The Morgan fingerprint density at radius 1 is 1.59 bits per heavy atom. The monoisotopic (exact) mass is 260 g/mol. The molecule has 0 bridgehead atoms. The Kier molecular flexibility index (Phi) is 5.16. The Balaban J connectivity index is 2.44. The smallest absolute Gasteiger partial charge is 0.252 e. The highest BCUT2D eigenvalue weighted by atomic mass is 32.2. The lowest BCUT2D eigenvalue weighted by Gasteiger charge is -2.01. The number of nitrogens with zero attached hydrogens (tertiary/aromatic N) is 4. The molecule has 0 aliphatic heterocycles. The first-order valence-corrected chi connectivity index (χ1v) is 6.91. The Morgan fingerprint density at radius 3 is 2.94 bits per heavy atom. The van der Waals surface area contributed by atoms with Crippen LogP contribution in [0.3, 0.4) is 0 Å². The van der Waals surface area contributed by atoms with Crippen molar-refractivity contribution in [1.29, 1.82) is 0 Å². The van der Waals surface area contributed by atoms with Crippen LogP contribution in [0.4, 0.5) is 0 Å². The Hall–Kier alpha value is -1.35. The quantitative estimate of drug-likeness (QED) is 0.653.